The van der Waals surface area contributed by atoms with E-state index in [2.05, 4.69) is 4.74 Å². The summed E-state index contributed by atoms with van der Waals surface area (Å²) in [5.74, 6) is -5.97. The zero-order chi connectivity index (χ0) is 14.6. The Kier molecular flexibility index (Phi) is 4.87. The number of amides is 1. The Hall–Kier alpha value is -2.09. The van der Waals surface area contributed by atoms with Crippen LogP contribution in [0.15, 0.2) is 12.1 Å². The second-order valence-corrected chi connectivity index (χ2v) is 3.46. The van der Waals surface area contributed by atoms with Gasteiger partial charge in [0.05, 0.1) is 6.61 Å². The second-order valence-electron chi connectivity index (χ2n) is 3.46. The van der Waals surface area contributed by atoms with E-state index < -0.39 is 41.1 Å². The molecule has 0 saturated carbocycles. The van der Waals surface area contributed by atoms with E-state index in [1.807, 2.05) is 0 Å². The Bertz CT molecular complexity index is 485. The van der Waals surface area contributed by atoms with Gasteiger partial charge >= 0.3 is 5.97 Å². The molecule has 1 rings (SSSR count). The summed E-state index contributed by atoms with van der Waals surface area (Å²) in [6.07, 6.45) is 0. The van der Waals surface area contributed by atoms with Crippen LogP contribution in [0.2, 0.25) is 0 Å². The maximum atomic E-state index is 13.2. The van der Waals surface area contributed by atoms with Crippen LogP contribution < -0.4 is 11.1 Å². The van der Waals surface area contributed by atoms with E-state index in [-0.39, 0.29) is 6.61 Å². The monoisotopic (exact) mass is 276 g/mol. The first-order valence-electron chi connectivity index (χ1n) is 5.24. The van der Waals surface area contributed by atoms with Crippen LogP contribution in [0.3, 0.4) is 0 Å². The molecule has 0 aromatic heterocycles. The predicted octanol–water partition coefficient (Wildman–Crippen LogP) is 0.933. The number of nitrogens with two attached hydrogens (primary N) is 1. The number of benzene rings is 1. The van der Waals surface area contributed by atoms with Crippen LogP contribution in [0.1, 0.15) is 6.92 Å². The van der Waals surface area contributed by atoms with Crippen molar-refractivity contribution in [1.82, 2.24) is 0 Å². The summed E-state index contributed by atoms with van der Waals surface area (Å²) in [6, 6.07) is -0.966. The Morgan fingerprint density at radius 3 is 2.32 bits per heavy atom. The molecule has 0 saturated heterocycles. The number of halogens is 3. The summed E-state index contributed by atoms with van der Waals surface area (Å²) >= 11 is 0. The fraction of sp³-hybridized carbons (Fsp3) is 0.273. The van der Waals surface area contributed by atoms with Crippen molar-refractivity contribution in [2.24, 2.45) is 5.73 Å². The molecule has 1 aromatic rings. The highest BCUT2D eigenvalue weighted by Gasteiger charge is 2.25. The highest BCUT2D eigenvalue weighted by atomic mass is 19.1. The number of esters is 1. The van der Waals surface area contributed by atoms with Gasteiger partial charge in [0.1, 0.15) is 11.5 Å². The van der Waals surface area contributed by atoms with Crippen molar-refractivity contribution in [3.63, 3.8) is 0 Å². The van der Waals surface area contributed by atoms with Gasteiger partial charge in [-0.2, -0.15) is 0 Å². The summed E-state index contributed by atoms with van der Waals surface area (Å²) in [5.41, 5.74) is 4.34. The molecule has 19 heavy (non-hydrogen) atoms. The average Bonchev–Trinajstić information content (AvgIpc) is 2.32. The molecule has 0 fully saturated rings. The third-order valence-corrected chi connectivity index (χ3v) is 2.08. The molecule has 0 radical (unpaired) electrons. The average molecular weight is 276 g/mol. The normalized spacial score (nSPS) is 11.8. The van der Waals surface area contributed by atoms with Gasteiger partial charge in [-0.1, -0.05) is 0 Å². The molecule has 0 spiro atoms. The lowest BCUT2D eigenvalue weighted by atomic mass is 10.2. The van der Waals surface area contributed by atoms with Crippen molar-refractivity contribution >= 4 is 17.6 Å². The molecule has 5 nitrogen and oxygen atoms in total. The molecule has 104 valence electrons. The molecule has 0 heterocycles. The van der Waals surface area contributed by atoms with Crippen molar-refractivity contribution in [1.29, 1.82) is 0 Å². The van der Waals surface area contributed by atoms with Gasteiger partial charge in [-0.3, -0.25) is 4.79 Å². The van der Waals surface area contributed by atoms with E-state index in [1.165, 1.54) is 6.92 Å². The molecule has 3 N–H and O–H groups in total. The Morgan fingerprint density at radius 1 is 1.32 bits per heavy atom. The molecule has 1 aromatic carbocycles. The Morgan fingerprint density at radius 2 is 1.84 bits per heavy atom. The van der Waals surface area contributed by atoms with Gasteiger partial charge in [0.15, 0.2) is 17.7 Å². The molecule has 0 aliphatic heterocycles. The molecule has 1 atom stereocenters. The van der Waals surface area contributed by atoms with E-state index in [1.54, 1.807) is 5.32 Å². The van der Waals surface area contributed by atoms with Gasteiger partial charge in [-0.15, -0.1) is 0 Å². The zero-order valence-corrected chi connectivity index (χ0v) is 9.88. The third kappa shape index (κ3) is 3.68. The van der Waals surface area contributed by atoms with Crippen LogP contribution >= 0.6 is 0 Å². The van der Waals surface area contributed by atoms with Crippen LogP contribution in [0.5, 0.6) is 0 Å². The number of rotatable bonds is 4. The van der Waals surface area contributed by atoms with Crippen LogP contribution in [-0.2, 0) is 14.3 Å². The minimum atomic E-state index is -1.73. The highest BCUT2D eigenvalue weighted by molar-refractivity contribution is 6.08. The number of hydrogen-bond donors (Lipinski definition) is 2. The molecule has 1 amide bonds. The quantitative estimate of drug-likeness (QED) is 0.633. The standard InChI is InChI=1S/C11H11F3N2O3/c1-2-19-11(18)8(15)10(17)16-9-6(13)3-5(12)4-7(9)14/h3-4,8H,2,15H2,1H3,(H,16,17). The second kappa shape index (κ2) is 6.19. The van der Waals surface area contributed by atoms with Crippen molar-refractivity contribution in [2.45, 2.75) is 13.0 Å². The Labute approximate surface area is 106 Å². The number of anilines is 1. The molecule has 0 aliphatic carbocycles. The van der Waals surface area contributed by atoms with E-state index >= 15 is 0 Å². The summed E-state index contributed by atoms with van der Waals surface area (Å²) in [5, 5.41) is 1.76. The van der Waals surface area contributed by atoms with Crippen LogP contribution in [0.4, 0.5) is 18.9 Å². The van der Waals surface area contributed by atoms with E-state index in [0.717, 1.165) is 0 Å². The molecular weight excluding hydrogens is 265 g/mol. The largest absolute Gasteiger partial charge is 0.464 e. The summed E-state index contributed by atoms with van der Waals surface area (Å²) in [7, 11) is 0. The minimum absolute atomic E-state index is 0.000909. The van der Waals surface area contributed by atoms with Gasteiger partial charge in [0, 0.05) is 12.1 Å². The van der Waals surface area contributed by atoms with Gasteiger partial charge in [-0.25, -0.2) is 18.0 Å². The van der Waals surface area contributed by atoms with Crippen molar-refractivity contribution < 1.29 is 27.5 Å². The molecule has 1 unspecified atom stereocenters. The number of hydrogen-bond acceptors (Lipinski definition) is 4. The lowest BCUT2D eigenvalue weighted by Gasteiger charge is -2.12. The van der Waals surface area contributed by atoms with Crippen LogP contribution in [-0.4, -0.2) is 24.5 Å². The number of carbonyl (C=O) groups is 2. The molecule has 0 bridgehead atoms. The highest BCUT2D eigenvalue weighted by Crippen LogP contribution is 2.20. The maximum absolute atomic E-state index is 13.2. The molecule has 0 aliphatic rings. The number of nitrogens with one attached hydrogen (secondary N) is 1. The van der Waals surface area contributed by atoms with Gasteiger partial charge < -0.3 is 15.8 Å². The fourth-order valence-corrected chi connectivity index (χ4v) is 1.20. The van der Waals surface area contributed by atoms with Gasteiger partial charge in [0.25, 0.3) is 5.91 Å². The topological polar surface area (TPSA) is 81.4 Å². The van der Waals surface area contributed by atoms with E-state index in [0.29, 0.717) is 12.1 Å². The number of ether oxygens (including phenoxy) is 1. The summed E-state index contributed by atoms with van der Waals surface area (Å²) in [6.45, 7) is 1.50. The van der Waals surface area contributed by atoms with Crippen LogP contribution in [0.25, 0.3) is 0 Å². The van der Waals surface area contributed by atoms with Crippen LogP contribution in [0, 0.1) is 17.5 Å². The van der Waals surface area contributed by atoms with E-state index in [9.17, 15) is 22.8 Å². The lowest BCUT2D eigenvalue weighted by Crippen LogP contribution is -2.43. The number of carbonyl (C=O) groups excluding carboxylic acids is 2. The molecule has 8 heteroatoms. The van der Waals surface area contributed by atoms with Crippen molar-refractivity contribution in [3.05, 3.63) is 29.6 Å². The first-order chi connectivity index (χ1) is 8.86. The van der Waals surface area contributed by atoms with E-state index in [4.69, 9.17) is 5.73 Å². The van der Waals surface area contributed by atoms with Gasteiger partial charge in [-0.05, 0) is 6.92 Å². The molecular formula is C11H11F3N2O3. The van der Waals surface area contributed by atoms with Crippen molar-refractivity contribution in [2.75, 3.05) is 11.9 Å². The zero-order valence-electron chi connectivity index (χ0n) is 9.88. The summed E-state index contributed by atoms with van der Waals surface area (Å²) < 4.78 is 43.6. The smallest absolute Gasteiger partial charge is 0.332 e. The Balaban J connectivity index is 2.86. The minimum Gasteiger partial charge on any atom is -0.464 e. The first-order valence-corrected chi connectivity index (χ1v) is 5.24. The fourth-order valence-electron chi connectivity index (χ4n) is 1.20. The SMILES string of the molecule is CCOC(=O)C(N)C(=O)Nc1c(F)cc(F)cc1F. The lowest BCUT2D eigenvalue weighted by molar-refractivity contribution is -0.146. The van der Waals surface area contributed by atoms with Gasteiger partial charge in [0.2, 0.25) is 0 Å². The predicted molar refractivity (Wildman–Crippen MR) is 59.6 cm³/mol. The van der Waals surface area contributed by atoms with Crippen molar-refractivity contribution in [3.8, 4) is 0 Å². The first kappa shape index (κ1) is 15.0. The third-order valence-electron chi connectivity index (χ3n) is 2.08. The summed E-state index contributed by atoms with van der Waals surface area (Å²) in [4.78, 5) is 22.6. The maximum Gasteiger partial charge on any atom is 0.332 e.